The fourth-order valence-corrected chi connectivity index (χ4v) is 4.12. The molecular formula is C17H20N2O6S. The van der Waals surface area contributed by atoms with Gasteiger partial charge in [0.05, 0.1) is 24.6 Å². The lowest BCUT2D eigenvalue weighted by molar-refractivity contribution is -0.385. The van der Waals surface area contributed by atoms with E-state index in [1.165, 1.54) is 20.2 Å². The minimum atomic E-state index is -3.90. The molecule has 1 saturated carbocycles. The molecule has 0 bridgehead atoms. The van der Waals surface area contributed by atoms with Gasteiger partial charge in [-0.1, -0.05) is 6.92 Å². The number of nitro benzene ring substituents is 1. The number of hydrogen-bond acceptors (Lipinski definition) is 6. The first-order valence-electron chi connectivity index (χ1n) is 8.11. The highest BCUT2D eigenvalue weighted by Crippen LogP contribution is 2.47. The second-order valence-electron chi connectivity index (χ2n) is 6.48. The molecule has 1 aromatic carbocycles. The van der Waals surface area contributed by atoms with Gasteiger partial charge in [-0.05, 0) is 30.5 Å². The monoisotopic (exact) mass is 380 g/mol. The zero-order valence-corrected chi connectivity index (χ0v) is 15.5. The molecule has 0 radical (unpaired) electrons. The van der Waals surface area contributed by atoms with Gasteiger partial charge in [0, 0.05) is 19.0 Å². The minimum absolute atomic E-state index is 0.0591. The molecule has 0 saturated heterocycles. The third kappa shape index (κ3) is 3.45. The zero-order valence-electron chi connectivity index (χ0n) is 14.7. The second-order valence-corrected chi connectivity index (χ2v) is 8.49. The molecule has 140 valence electrons. The largest absolute Gasteiger partial charge is 0.495 e. The van der Waals surface area contributed by atoms with Crippen LogP contribution in [0.2, 0.25) is 0 Å². The molecule has 1 fully saturated rings. The van der Waals surface area contributed by atoms with E-state index in [1.807, 2.05) is 6.07 Å². The molecule has 1 heterocycles. The highest BCUT2D eigenvalue weighted by molar-refractivity contribution is 7.89. The fraction of sp³-hybridized carbons (Fsp3) is 0.412. The maximum absolute atomic E-state index is 12.8. The first kappa shape index (κ1) is 18.4. The minimum Gasteiger partial charge on any atom is -0.495 e. The van der Waals surface area contributed by atoms with Crippen LogP contribution in [-0.2, 0) is 16.6 Å². The number of sulfonamides is 1. The van der Waals surface area contributed by atoms with Crippen LogP contribution in [0.4, 0.5) is 5.69 Å². The average Bonchev–Trinajstić information content (AvgIpc) is 3.15. The Labute approximate surface area is 151 Å². The Bertz CT molecular complexity index is 936. The van der Waals surface area contributed by atoms with E-state index in [2.05, 4.69) is 6.92 Å². The molecule has 2 aromatic rings. The molecule has 0 amide bonds. The number of nitrogens with zero attached hydrogens (tertiary/aromatic N) is 2. The predicted molar refractivity (Wildman–Crippen MR) is 93.5 cm³/mol. The predicted octanol–water partition coefficient (Wildman–Crippen LogP) is 3.14. The summed E-state index contributed by atoms with van der Waals surface area (Å²) in [6.07, 6.45) is 1.08. The summed E-state index contributed by atoms with van der Waals surface area (Å²) in [4.78, 5) is 10.1. The molecule has 0 spiro atoms. The van der Waals surface area contributed by atoms with E-state index >= 15 is 0 Å². The number of non-ortho nitro benzene ring substituents is 1. The number of nitro groups is 1. The highest BCUT2D eigenvalue weighted by Gasteiger charge is 2.37. The lowest BCUT2D eigenvalue weighted by atomic mass is 10.3. The Kier molecular flexibility index (Phi) is 4.76. The van der Waals surface area contributed by atoms with Crippen LogP contribution in [0.25, 0.3) is 0 Å². The van der Waals surface area contributed by atoms with Gasteiger partial charge in [0.25, 0.3) is 5.69 Å². The Morgan fingerprint density at radius 2 is 2.04 bits per heavy atom. The summed E-state index contributed by atoms with van der Waals surface area (Å²) in [7, 11) is -1.20. The normalized spacial score (nSPS) is 19.5. The van der Waals surface area contributed by atoms with Crippen molar-refractivity contribution in [2.75, 3.05) is 14.2 Å². The topological polar surface area (TPSA) is 103 Å². The molecule has 0 N–H and O–H groups in total. The van der Waals surface area contributed by atoms with Crippen molar-refractivity contribution in [2.24, 2.45) is 5.92 Å². The summed E-state index contributed by atoms with van der Waals surface area (Å²) in [5.41, 5.74) is -0.238. The number of rotatable bonds is 7. The van der Waals surface area contributed by atoms with Crippen molar-refractivity contribution in [3.8, 4) is 5.75 Å². The fourth-order valence-electron chi connectivity index (χ4n) is 2.85. The second kappa shape index (κ2) is 6.73. The van der Waals surface area contributed by atoms with Gasteiger partial charge >= 0.3 is 0 Å². The summed E-state index contributed by atoms with van der Waals surface area (Å²) in [6, 6.07) is 7.08. The lowest BCUT2D eigenvalue weighted by Crippen LogP contribution is -2.26. The number of furan rings is 1. The molecule has 0 unspecified atom stereocenters. The Hall–Kier alpha value is -2.39. The molecule has 0 aliphatic heterocycles. The maximum Gasteiger partial charge on any atom is 0.273 e. The van der Waals surface area contributed by atoms with Gasteiger partial charge in [-0.25, -0.2) is 8.42 Å². The van der Waals surface area contributed by atoms with Crippen molar-refractivity contribution in [1.82, 2.24) is 4.31 Å². The van der Waals surface area contributed by atoms with Crippen LogP contribution in [0.3, 0.4) is 0 Å². The van der Waals surface area contributed by atoms with Crippen LogP contribution in [0, 0.1) is 16.0 Å². The van der Waals surface area contributed by atoms with Crippen molar-refractivity contribution in [2.45, 2.75) is 30.7 Å². The van der Waals surface area contributed by atoms with Crippen LogP contribution in [-0.4, -0.2) is 31.8 Å². The number of benzene rings is 1. The van der Waals surface area contributed by atoms with Crippen molar-refractivity contribution in [3.05, 3.63) is 52.0 Å². The number of hydrogen-bond donors (Lipinski definition) is 0. The summed E-state index contributed by atoms with van der Waals surface area (Å²) in [5.74, 6) is 2.37. The molecule has 1 aliphatic rings. The van der Waals surface area contributed by atoms with Gasteiger partial charge in [-0.15, -0.1) is 0 Å². The van der Waals surface area contributed by atoms with E-state index in [0.717, 1.165) is 28.6 Å². The quantitative estimate of drug-likeness (QED) is 0.540. The lowest BCUT2D eigenvalue weighted by Gasteiger charge is -2.17. The van der Waals surface area contributed by atoms with E-state index < -0.39 is 14.9 Å². The molecule has 2 atom stereocenters. The molecule has 8 nitrogen and oxygen atoms in total. The summed E-state index contributed by atoms with van der Waals surface area (Å²) in [6.45, 7) is 2.20. The third-order valence-corrected chi connectivity index (χ3v) is 6.42. The summed E-state index contributed by atoms with van der Waals surface area (Å²) in [5, 5.41) is 10.9. The SMILES string of the molecule is COc1cc([N+](=O)[O-])ccc1S(=O)(=O)N(C)Cc1ccc([C@H]2C[C@@H]2C)o1. The maximum atomic E-state index is 12.8. The van der Waals surface area contributed by atoms with E-state index in [4.69, 9.17) is 9.15 Å². The highest BCUT2D eigenvalue weighted by atomic mass is 32.2. The standard InChI is InChI=1S/C17H20N2O6S/c1-11-8-14(11)15-6-5-13(25-15)10-18(2)26(22,23)17-7-4-12(19(20)21)9-16(17)24-3/h4-7,9,11,14H,8,10H2,1-3H3/t11-,14-/m0/s1. The van der Waals surface area contributed by atoms with E-state index in [0.29, 0.717) is 17.6 Å². The van der Waals surface area contributed by atoms with Gasteiger partial charge in [-0.3, -0.25) is 10.1 Å². The van der Waals surface area contributed by atoms with Crippen molar-refractivity contribution in [3.63, 3.8) is 0 Å². The average molecular weight is 380 g/mol. The van der Waals surface area contributed by atoms with Crippen molar-refractivity contribution < 1.29 is 22.5 Å². The summed E-state index contributed by atoms with van der Waals surface area (Å²) >= 11 is 0. The number of methoxy groups -OCH3 is 1. The van der Waals surface area contributed by atoms with Crippen molar-refractivity contribution >= 4 is 15.7 Å². The zero-order chi connectivity index (χ0) is 19.1. The Balaban J connectivity index is 1.82. The first-order chi connectivity index (χ1) is 12.2. The Morgan fingerprint density at radius 1 is 1.35 bits per heavy atom. The molecule has 9 heteroatoms. The van der Waals surface area contributed by atoms with E-state index in [9.17, 15) is 18.5 Å². The van der Waals surface area contributed by atoms with Gasteiger partial charge in [-0.2, -0.15) is 4.31 Å². The first-order valence-corrected chi connectivity index (χ1v) is 9.55. The summed E-state index contributed by atoms with van der Waals surface area (Å²) < 4.78 is 37.6. The molecular weight excluding hydrogens is 360 g/mol. The van der Waals surface area contributed by atoms with Crippen LogP contribution in [0.1, 0.15) is 30.8 Å². The van der Waals surface area contributed by atoms with Crippen LogP contribution < -0.4 is 4.74 Å². The van der Waals surface area contributed by atoms with Gasteiger partial charge in [0.1, 0.15) is 22.2 Å². The van der Waals surface area contributed by atoms with E-state index in [-0.39, 0.29) is 22.9 Å². The van der Waals surface area contributed by atoms with Gasteiger partial charge in [0.2, 0.25) is 10.0 Å². The third-order valence-electron chi connectivity index (χ3n) is 4.58. The Morgan fingerprint density at radius 3 is 2.62 bits per heavy atom. The van der Waals surface area contributed by atoms with E-state index in [1.54, 1.807) is 6.07 Å². The molecule has 1 aromatic heterocycles. The molecule has 1 aliphatic carbocycles. The van der Waals surface area contributed by atoms with Crippen LogP contribution in [0.15, 0.2) is 39.6 Å². The smallest absolute Gasteiger partial charge is 0.273 e. The molecule has 26 heavy (non-hydrogen) atoms. The molecule has 3 rings (SSSR count). The number of ether oxygens (including phenoxy) is 1. The van der Waals surface area contributed by atoms with Crippen LogP contribution in [0.5, 0.6) is 5.75 Å². The van der Waals surface area contributed by atoms with Gasteiger partial charge < -0.3 is 9.15 Å². The van der Waals surface area contributed by atoms with Gasteiger partial charge in [0.15, 0.2) is 0 Å². The van der Waals surface area contributed by atoms with Crippen molar-refractivity contribution in [1.29, 1.82) is 0 Å². The van der Waals surface area contributed by atoms with Crippen LogP contribution >= 0.6 is 0 Å².